The van der Waals surface area contributed by atoms with E-state index in [0.717, 1.165) is 0 Å². The molecule has 0 spiro atoms. The number of anilines is 7. The van der Waals surface area contributed by atoms with Gasteiger partial charge in [-0.15, -0.1) is 0 Å². The zero-order valence-electron chi connectivity index (χ0n) is 43.7. The Bertz CT molecular complexity index is 2870. The Morgan fingerprint density at radius 2 is 1.05 bits per heavy atom. The average Bonchev–Trinajstić information content (AvgIpc) is 3.58. The Morgan fingerprint density at radius 3 is 1.68 bits per heavy atom. The molecule has 2 fully saturated rings. The van der Waals surface area contributed by atoms with Crippen LogP contribution in [0.15, 0.2) is 84.9 Å². The van der Waals surface area contributed by atoms with Crippen molar-refractivity contribution in [1.82, 2.24) is 0 Å². The monoisotopic (exact) mass is 892 g/mol. The lowest BCUT2D eigenvalue weighted by Gasteiger charge is -2.54. The molecule has 0 aromatic heterocycles. The first-order valence-electron chi connectivity index (χ1n) is 25.9. The molecule has 0 amide bonds. The summed E-state index contributed by atoms with van der Waals surface area (Å²) >= 11 is 0. The molecule has 4 heterocycles. The van der Waals surface area contributed by atoms with Gasteiger partial charge in [-0.1, -0.05) is 175 Å². The maximum absolute atomic E-state index is 2.98. The summed E-state index contributed by atoms with van der Waals surface area (Å²) in [6.45, 7) is 39.8. The van der Waals surface area contributed by atoms with Crippen molar-refractivity contribution in [1.29, 1.82) is 0 Å². The fourth-order valence-corrected chi connectivity index (χ4v) is 15.5. The molecule has 11 rings (SSSR count). The first-order valence-corrected chi connectivity index (χ1v) is 29.4. The van der Waals surface area contributed by atoms with E-state index in [9.17, 15) is 0 Å². The molecule has 0 N–H and O–H groups in total. The third kappa shape index (κ3) is 5.86. The largest absolute Gasteiger partial charge is 0.335 e. The van der Waals surface area contributed by atoms with Gasteiger partial charge >= 0.3 is 0 Å². The predicted octanol–water partition coefficient (Wildman–Crippen LogP) is 14.2. The van der Waals surface area contributed by atoms with Crippen LogP contribution in [0, 0.1) is 0 Å². The van der Waals surface area contributed by atoms with E-state index in [1.807, 2.05) is 0 Å². The minimum Gasteiger partial charge on any atom is -0.335 e. The van der Waals surface area contributed by atoms with Gasteiger partial charge in [-0.3, -0.25) is 0 Å². The molecule has 5 heteroatoms. The highest BCUT2D eigenvalue weighted by Crippen LogP contribution is 2.65. The molecule has 2 aliphatic carbocycles. The van der Waals surface area contributed by atoms with Gasteiger partial charge < -0.3 is 14.7 Å². The second kappa shape index (κ2) is 13.7. The van der Waals surface area contributed by atoms with E-state index in [0.29, 0.717) is 0 Å². The lowest BCUT2D eigenvalue weighted by molar-refractivity contribution is 0.194. The van der Waals surface area contributed by atoms with Crippen molar-refractivity contribution in [2.45, 2.75) is 199 Å². The van der Waals surface area contributed by atoms with Crippen LogP contribution in [0.4, 0.5) is 39.8 Å². The predicted molar refractivity (Wildman–Crippen MR) is 290 cm³/mol. The van der Waals surface area contributed by atoms with Crippen molar-refractivity contribution < 1.29 is 0 Å². The van der Waals surface area contributed by atoms with Crippen molar-refractivity contribution >= 4 is 76.2 Å². The number of benzene rings is 5. The quantitative estimate of drug-likeness (QED) is 0.164. The van der Waals surface area contributed by atoms with Crippen LogP contribution in [0.1, 0.15) is 169 Å². The maximum Gasteiger partial charge on any atom is 0.252 e. The molecule has 3 nitrogen and oxygen atoms in total. The number of nitrogens with zero attached hydrogens (tertiary/aromatic N) is 3. The molecular weight excluding hydrogens is 814 g/mol. The molecule has 4 atom stereocenters. The Kier molecular flexibility index (Phi) is 9.22. The van der Waals surface area contributed by atoms with Crippen molar-refractivity contribution in [2.24, 2.45) is 0 Å². The molecule has 5 aromatic carbocycles. The van der Waals surface area contributed by atoms with Crippen molar-refractivity contribution in [3.63, 3.8) is 0 Å². The third-order valence-corrected chi connectivity index (χ3v) is 21.0. The summed E-state index contributed by atoms with van der Waals surface area (Å²) in [5, 5.41) is 1.61. The zero-order valence-corrected chi connectivity index (χ0v) is 44.7. The Labute approximate surface area is 400 Å². The molecule has 66 heavy (non-hydrogen) atoms. The van der Waals surface area contributed by atoms with E-state index >= 15 is 0 Å². The van der Waals surface area contributed by atoms with Gasteiger partial charge in [0.2, 0.25) is 0 Å². The van der Waals surface area contributed by atoms with Gasteiger partial charge in [0, 0.05) is 50.6 Å². The zero-order chi connectivity index (χ0) is 47.1. The second-order valence-corrected chi connectivity index (χ2v) is 32.1. The van der Waals surface area contributed by atoms with E-state index in [-0.39, 0.29) is 44.9 Å². The van der Waals surface area contributed by atoms with Crippen LogP contribution in [0.3, 0.4) is 0 Å². The highest BCUT2D eigenvalue weighted by Gasteiger charge is 2.63. The Morgan fingerprint density at radius 1 is 0.485 bits per heavy atom. The summed E-state index contributed by atoms with van der Waals surface area (Å²) in [6.07, 6.45) is 9.94. The number of fused-ring (bicyclic) bond motifs is 10. The summed E-state index contributed by atoms with van der Waals surface area (Å²) in [4.78, 5) is 8.59. The fourth-order valence-electron chi connectivity index (χ4n) is 14.3. The van der Waals surface area contributed by atoms with Crippen molar-refractivity contribution in [3.05, 3.63) is 113 Å². The summed E-state index contributed by atoms with van der Waals surface area (Å²) in [5.41, 5.74) is 21.6. The molecule has 4 unspecified atom stereocenters. The molecular formula is C61H78BN3Si. The first kappa shape index (κ1) is 44.3. The smallest absolute Gasteiger partial charge is 0.252 e. The van der Waals surface area contributed by atoms with Gasteiger partial charge in [0.05, 0.1) is 19.2 Å². The minimum absolute atomic E-state index is 0.00626. The van der Waals surface area contributed by atoms with Crippen LogP contribution in [0.25, 0.3) is 0 Å². The molecule has 0 bridgehead atoms. The van der Waals surface area contributed by atoms with Gasteiger partial charge in [0.25, 0.3) is 6.71 Å². The highest BCUT2D eigenvalue weighted by atomic mass is 28.3. The first-order chi connectivity index (χ1) is 30.7. The van der Waals surface area contributed by atoms with Gasteiger partial charge in [0.1, 0.15) is 0 Å². The molecule has 0 radical (unpaired) electrons. The number of hydrogen-bond acceptors (Lipinski definition) is 3. The van der Waals surface area contributed by atoms with Crippen LogP contribution in [-0.4, -0.2) is 25.9 Å². The fraction of sp³-hybridized carbons (Fsp3) is 0.508. The maximum atomic E-state index is 2.98. The summed E-state index contributed by atoms with van der Waals surface area (Å²) < 4.78 is 0. The number of hydrogen-bond donors (Lipinski definition) is 0. The Hall–Kier alpha value is -4.22. The summed E-state index contributed by atoms with van der Waals surface area (Å²) in [6, 6.07) is 35.7. The van der Waals surface area contributed by atoms with Crippen LogP contribution >= 0.6 is 0 Å². The van der Waals surface area contributed by atoms with Gasteiger partial charge in [0.15, 0.2) is 0 Å². The number of rotatable bonds is 3. The van der Waals surface area contributed by atoms with Crippen LogP contribution in [0.5, 0.6) is 0 Å². The van der Waals surface area contributed by atoms with E-state index in [1.165, 1.54) is 119 Å². The van der Waals surface area contributed by atoms with Crippen molar-refractivity contribution in [2.75, 3.05) is 14.7 Å². The van der Waals surface area contributed by atoms with Crippen LogP contribution < -0.4 is 36.3 Å². The van der Waals surface area contributed by atoms with E-state index in [4.69, 9.17) is 0 Å². The highest BCUT2D eigenvalue weighted by molar-refractivity contribution is 7.01. The minimum atomic E-state index is -1.73. The van der Waals surface area contributed by atoms with Crippen LogP contribution in [0.2, 0.25) is 19.6 Å². The van der Waals surface area contributed by atoms with E-state index < -0.39 is 8.07 Å². The van der Waals surface area contributed by atoms with Gasteiger partial charge in [-0.05, 0) is 136 Å². The topological polar surface area (TPSA) is 9.72 Å². The molecule has 6 aliphatic rings. The average molecular weight is 892 g/mol. The lowest BCUT2D eigenvalue weighted by Crippen LogP contribution is -2.65. The molecule has 344 valence electrons. The summed E-state index contributed by atoms with van der Waals surface area (Å²) in [7, 11) is -1.73. The van der Waals surface area contributed by atoms with Gasteiger partial charge in [-0.25, -0.2) is 0 Å². The van der Waals surface area contributed by atoms with E-state index in [2.05, 4.69) is 209 Å². The normalized spacial score (nSPS) is 26.4. The molecule has 5 aromatic rings. The SMILES string of the molecule is CC(C)(C)c1cccc(N2c3cc(C(C)(C)C)ccc3B3c4cc([Si](C)(C)C)cc5c4N(c4cc(N6c7ccc(C(C)(C)C)cc7C7(C)CCCCC67C)cc2c43)C2(C)CCCCC52C)c1. The van der Waals surface area contributed by atoms with Crippen LogP contribution in [-0.2, 0) is 27.1 Å². The summed E-state index contributed by atoms with van der Waals surface area (Å²) in [5.74, 6) is 0. The van der Waals surface area contributed by atoms with E-state index in [1.54, 1.807) is 21.8 Å². The second-order valence-electron chi connectivity index (χ2n) is 27.0. The lowest BCUT2D eigenvalue weighted by atomic mass is 9.33. The molecule has 2 saturated carbocycles. The van der Waals surface area contributed by atoms with Gasteiger partial charge in [-0.2, -0.15) is 0 Å². The molecule has 0 saturated heterocycles. The molecule has 4 aliphatic heterocycles. The standard InChI is InChI=1S/C61H78BN3Si/c1-55(2,3)39-22-21-23-42(32-39)63-50-34-41(57(7,8)9)24-26-47(50)62-48-38-44(66(14,15)16)37-46-54(48)65(61(13)31-20-18-29-59(46,61)11)52-36-43(35-51(63)53(52)62)64-49-27-25-40(56(4,5)6)33-45(49)58(10)28-17-19-30-60(58,64)12/h21-27,32-38H,17-20,28-31H2,1-16H3. The van der Waals surface area contributed by atoms with Crippen molar-refractivity contribution in [3.8, 4) is 0 Å². The third-order valence-electron chi connectivity index (χ3n) is 18.9. The Balaban J connectivity index is 1.29.